The molecule has 3 N–H and O–H groups in total. The number of amides is 1. The lowest BCUT2D eigenvalue weighted by molar-refractivity contribution is -0.384. The van der Waals surface area contributed by atoms with Gasteiger partial charge in [-0.3, -0.25) is 14.9 Å². The molecule has 1 unspecified atom stereocenters. The maximum atomic E-state index is 12.2. The second kappa shape index (κ2) is 10.6. The second-order valence-electron chi connectivity index (χ2n) is 6.30. The van der Waals surface area contributed by atoms with Crippen molar-refractivity contribution < 1.29 is 19.6 Å². The van der Waals surface area contributed by atoms with Crippen molar-refractivity contribution in [3.05, 3.63) is 33.9 Å². The molecule has 0 heterocycles. The van der Waals surface area contributed by atoms with Crippen LogP contribution in [-0.4, -0.2) is 49.4 Å². The lowest BCUT2D eigenvalue weighted by atomic mass is 9.98. The summed E-state index contributed by atoms with van der Waals surface area (Å²) in [5.74, 6) is -0.0183. The van der Waals surface area contributed by atoms with Gasteiger partial charge in [-0.05, 0) is 30.4 Å². The first-order valence-corrected chi connectivity index (χ1v) is 8.29. The van der Waals surface area contributed by atoms with Gasteiger partial charge in [0.25, 0.3) is 11.6 Å². The summed E-state index contributed by atoms with van der Waals surface area (Å²) >= 11 is 0. The molecule has 0 aliphatic heterocycles. The van der Waals surface area contributed by atoms with Gasteiger partial charge in [0.05, 0.1) is 11.5 Å². The topological polar surface area (TPSA) is 114 Å². The number of benzene rings is 1. The molecular formula is C17H27N3O5. The Hall–Kier alpha value is -2.19. The number of ether oxygens (including phenoxy) is 1. The van der Waals surface area contributed by atoms with Gasteiger partial charge in [0.1, 0.15) is 5.69 Å². The van der Waals surface area contributed by atoms with Crippen LogP contribution < -0.4 is 10.6 Å². The van der Waals surface area contributed by atoms with Gasteiger partial charge in [-0.15, -0.1) is 0 Å². The van der Waals surface area contributed by atoms with Crippen molar-refractivity contribution in [3.8, 4) is 0 Å². The van der Waals surface area contributed by atoms with Crippen molar-refractivity contribution in [1.82, 2.24) is 5.32 Å². The Morgan fingerprint density at radius 3 is 2.68 bits per heavy atom. The molecule has 1 aromatic carbocycles. The molecule has 1 aromatic rings. The molecular weight excluding hydrogens is 326 g/mol. The fraction of sp³-hybridized carbons (Fsp3) is 0.588. The van der Waals surface area contributed by atoms with E-state index in [-0.39, 0.29) is 23.8 Å². The minimum Gasteiger partial charge on any atom is -0.396 e. The van der Waals surface area contributed by atoms with E-state index < -0.39 is 10.8 Å². The molecule has 0 aliphatic carbocycles. The molecule has 1 rings (SSSR count). The van der Waals surface area contributed by atoms with E-state index in [9.17, 15) is 20.0 Å². The van der Waals surface area contributed by atoms with E-state index in [4.69, 9.17) is 4.74 Å². The lowest BCUT2D eigenvalue weighted by Gasteiger charge is -2.17. The van der Waals surface area contributed by atoms with Crippen molar-refractivity contribution in [2.75, 3.05) is 38.7 Å². The summed E-state index contributed by atoms with van der Waals surface area (Å²) in [7, 11) is 1.54. The molecule has 0 saturated heterocycles. The summed E-state index contributed by atoms with van der Waals surface area (Å²) in [6, 6.07) is 4.30. The van der Waals surface area contributed by atoms with Gasteiger partial charge in [-0.2, -0.15) is 0 Å². The van der Waals surface area contributed by atoms with Gasteiger partial charge >= 0.3 is 0 Å². The molecule has 8 heteroatoms. The van der Waals surface area contributed by atoms with Crippen LogP contribution in [0.3, 0.4) is 0 Å². The number of nitro benzene ring substituents is 1. The Balaban J connectivity index is 2.78. The zero-order valence-corrected chi connectivity index (χ0v) is 14.9. The Kier molecular flexibility index (Phi) is 8.87. The van der Waals surface area contributed by atoms with Crippen molar-refractivity contribution >= 4 is 17.3 Å². The fourth-order valence-corrected chi connectivity index (χ4v) is 2.49. The van der Waals surface area contributed by atoms with Crippen LogP contribution in [0.25, 0.3) is 0 Å². The first kappa shape index (κ1) is 20.9. The maximum Gasteiger partial charge on any atom is 0.293 e. The molecule has 0 spiro atoms. The number of carbonyl (C=O) groups excluding carboxylic acids is 1. The van der Waals surface area contributed by atoms with E-state index >= 15 is 0 Å². The number of aliphatic hydroxyl groups is 1. The van der Waals surface area contributed by atoms with Gasteiger partial charge in [0.15, 0.2) is 0 Å². The number of nitrogens with one attached hydrogen (secondary N) is 2. The molecule has 1 amide bonds. The number of methoxy groups -OCH3 is 1. The number of anilines is 1. The monoisotopic (exact) mass is 353 g/mol. The summed E-state index contributed by atoms with van der Waals surface area (Å²) < 4.78 is 4.90. The molecule has 140 valence electrons. The molecule has 0 saturated carbocycles. The molecule has 25 heavy (non-hydrogen) atoms. The SMILES string of the molecule is COCCNc1ccc(C(=O)NCC(CO)CC(C)C)cc1[N+](=O)[O-]. The zero-order valence-electron chi connectivity index (χ0n) is 14.9. The smallest absolute Gasteiger partial charge is 0.293 e. The number of hydrogen-bond donors (Lipinski definition) is 3. The second-order valence-corrected chi connectivity index (χ2v) is 6.30. The highest BCUT2D eigenvalue weighted by Gasteiger charge is 2.18. The van der Waals surface area contributed by atoms with Crippen LogP contribution in [0.2, 0.25) is 0 Å². The first-order valence-electron chi connectivity index (χ1n) is 8.29. The molecule has 0 bridgehead atoms. The van der Waals surface area contributed by atoms with Crippen LogP contribution in [0, 0.1) is 22.0 Å². The van der Waals surface area contributed by atoms with Gasteiger partial charge in [0, 0.05) is 38.4 Å². The van der Waals surface area contributed by atoms with Crippen LogP contribution in [0.4, 0.5) is 11.4 Å². The summed E-state index contributed by atoms with van der Waals surface area (Å²) in [4.78, 5) is 22.9. The Labute approximate surface area is 147 Å². The highest BCUT2D eigenvalue weighted by molar-refractivity contribution is 5.95. The minimum atomic E-state index is -0.527. The zero-order chi connectivity index (χ0) is 18.8. The predicted molar refractivity (Wildman–Crippen MR) is 95.8 cm³/mol. The summed E-state index contributed by atoms with van der Waals surface area (Å²) in [6.07, 6.45) is 0.791. The summed E-state index contributed by atoms with van der Waals surface area (Å²) in [6.45, 7) is 5.25. The van der Waals surface area contributed by atoms with Crippen molar-refractivity contribution in [3.63, 3.8) is 0 Å². The van der Waals surface area contributed by atoms with Gasteiger partial charge in [0.2, 0.25) is 0 Å². The lowest BCUT2D eigenvalue weighted by Crippen LogP contribution is -2.31. The number of nitro groups is 1. The Morgan fingerprint density at radius 2 is 2.12 bits per heavy atom. The number of carbonyl (C=O) groups is 1. The van der Waals surface area contributed by atoms with E-state index in [1.54, 1.807) is 7.11 Å². The Morgan fingerprint density at radius 1 is 1.40 bits per heavy atom. The highest BCUT2D eigenvalue weighted by Crippen LogP contribution is 2.25. The van der Waals surface area contributed by atoms with E-state index in [0.29, 0.717) is 31.3 Å². The van der Waals surface area contributed by atoms with Crippen LogP contribution in [0.5, 0.6) is 0 Å². The van der Waals surface area contributed by atoms with Crippen LogP contribution in [0.15, 0.2) is 18.2 Å². The van der Waals surface area contributed by atoms with Gasteiger partial charge in [-0.1, -0.05) is 13.8 Å². The first-order chi connectivity index (χ1) is 11.9. The largest absolute Gasteiger partial charge is 0.396 e. The van der Waals surface area contributed by atoms with Crippen molar-refractivity contribution in [2.24, 2.45) is 11.8 Å². The average molecular weight is 353 g/mol. The highest BCUT2D eigenvalue weighted by atomic mass is 16.6. The van der Waals surface area contributed by atoms with Crippen LogP contribution in [-0.2, 0) is 4.74 Å². The quantitative estimate of drug-likeness (QED) is 0.319. The minimum absolute atomic E-state index is 0.0129. The average Bonchev–Trinajstić information content (AvgIpc) is 2.58. The third-order valence-electron chi connectivity index (χ3n) is 3.69. The molecule has 0 aliphatic rings. The molecule has 8 nitrogen and oxygen atoms in total. The van der Waals surface area contributed by atoms with E-state index in [1.165, 1.54) is 18.2 Å². The van der Waals surface area contributed by atoms with Crippen LogP contribution >= 0.6 is 0 Å². The van der Waals surface area contributed by atoms with E-state index in [0.717, 1.165) is 6.42 Å². The maximum absolute atomic E-state index is 12.2. The number of aliphatic hydroxyl groups excluding tert-OH is 1. The van der Waals surface area contributed by atoms with Gasteiger partial charge in [-0.25, -0.2) is 0 Å². The Bertz CT molecular complexity index is 577. The fourth-order valence-electron chi connectivity index (χ4n) is 2.49. The third kappa shape index (κ3) is 7.06. The summed E-state index contributed by atoms with van der Waals surface area (Å²) in [5, 5.41) is 26.2. The van der Waals surface area contributed by atoms with Crippen molar-refractivity contribution in [1.29, 1.82) is 0 Å². The van der Waals surface area contributed by atoms with E-state index in [1.807, 2.05) is 13.8 Å². The predicted octanol–water partition coefficient (Wildman–Crippen LogP) is 2.04. The number of nitrogens with zero attached hydrogens (tertiary/aromatic N) is 1. The third-order valence-corrected chi connectivity index (χ3v) is 3.69. The van der Waals surface area contributed by atoms with Gasteiger partial charge < -0.3 is 20.5 Å². The normalized spacial score (nSPS) is 12.0. The van der Waals surface area contributed by atoms with E-state index in [2.05, 4.69) is 10.6 Å². The standard InChI is InChI=1S/C17H27N3O5/c1-12(2)8-13(11-21)10-19-17(22)14-4-5-15(18-6-7-25-3)16(9-14)20(23)24/h4-5,9,12-13,18,21H,6-8,10-11H2,1-3H3,(H,19,22). The summed E-state index contributed by atoms with van der Waals surface area (Å²) in [5.41, 5.74) is 0.390. The van der Waals surface area contributed by atoms with Crippen LogP contribution in [0.1, 0.15) is 30.6 Å². The molecule has 1 atom stereocenters. The number of rotatable bonds is 11. The molecule has 0 radical (unpaired) electrons. The molecule has 0 fully saturated rings. The van der Waals surface area contributed by atoms with Crippen molar-refractivity contribution in [2.45, 2.75) is 20.3 Å². The molecule has 0 aromatic heterocycles. The number of hydrogen-bond acceptors (Lipinski definition) is 6.